The van der Waals surface area contributed by atoms with Crippen LogP contribution in [0.5, 0.6) is 5.75 Å². The van der Waals surface area contributed by atoms with Crippen LogP contribution in [0.3, 0.4) is 0 Å². The molecule has 1 unspecified atom stereocenters. The first kappa shape index (κ1) is 26.0. The second kappa shape index (κ2) is 16.0. The van der Waals surface area contributed by atoms with E-state index in [0.29, 0.717) is 5.92 Å². The van der Waals surface area contributed by atoms with Crippen LogP contribution in [0, 0.1) is 5.92 Å². The maximum absolute atomic E-state index is 9.18. The van der Waals surface area contributed by atoms with Crippen molar-refractivity contribution < 1.29 is 9.84 Å². The lowest BCUT2D eigenvalue weighted by Gasteiger charge is -2.15. The number of halogens is 1. The molecule has 1 rings (SSSR count). The number of rotatable bonds is 12. The van der Waals surface area contributed by atoms with E-state index in [1.54, 1.807) is 0 Å². The van der Waals surface area contributed by atoms with Gasteiger partial charge in [-0.3, -0.25) is 4.99 Å². The number of guanidine groups is 1. The number of hydrogen-bond donors (Lipinski definition) is 3. The minimum atomic E-state index is 0. The zero-order valence-corrected chi connectivity index (χ0v) is 19.7. The number of nitrogens with one attached hydrogen (secondary N) is 2. The minimum Gasteiger partial charge on any atom is -0.491 e. The Morgan fingerprint density at radius 3 is 2.37 bits per heavy atom. The number of ether oxygens (including phenoxy) is 1. The maximum Gasteiger partial charge on any atom is 0.191 e. The van der Waals surface area contributed by atoms with Gasteiger partial charge < -0.3 is 20.5 Å². The lowest BCUT2D eigenvalue weighted by Crippen LogP contribution is -2.38. The summed E-state index contributed by atoms with van der Waals surface area (Å²) >= 11 is 0. The normalized spacial score (nSPS) is 12.4. The molecule has 0 aromatic heterocycles. The van der Waals surface area contributed by atoms with E-state index in [2.05, 4.69) is 36.6 Å². The number of hydrogen-bond acceptors (Lipinski definition) is 3. The van der Waals surface area contributed by atoms with E-state index in [1.807, 2.05) is 26.0 Å². The highest BCUT2D eigenvalue weighted by Crippen LogP contribution is 2.14. The summed E-state index contributed by atoms with van der Waals surface area (Å²) in [4.78, 5) is 4.69. The van der Waals surface area contributed by atoms with Gasteiger partial charge in [0.05, 0.1) is 6.10 Å². The molecule has 0 amide bonds. The molecule has 0 aliphatic carbocycles. The molecule has 3 N–H and O–H groups in total. The van der Waals surface area contributed by atoms with Crippen molar-refractivity contribution in [1.82, 2.24) is 10.6 Å². The molecule has 0 spiro atoms. The van der Waals surface area contributed by atoms with Crippen molar-refractivity contribution in [2.75, 3.05) is 26.2 Å². The maximum atomic E-state index is 9.18. The number of nitrogens with zero attached hydrogens (tertiary/aromatic N) is 1. The van der Waals surface area contributed by atoms with Gasteiger partial charge in [0.25, 0.3) is 0 Å². The van der Waals surface area contributed by atoms with Crippen LogP contribution in [0.25, 0.3) is 0 Å². The van der Waals surface area contributed by atoms with Crippen LogP contribution in [0.2, 0.25) is 0 Å². The van der Waals surface area contributed by atoms with Crippen molar-refractivity contribution in [1.29, 1.82) is 0 Å². The summed E-state index contributed by atoms with van der Waals surface area (Å²) in [7, 11) is 0. The number of aliphatic imine (C=N–C) groups is 1. The Morgan fingerprint density at radius 1 is 1.11 bits per heavy atom. The highest BCUT2D eigenvalue weighted by atomic mass is 127. The largest absolute Gasteiger partial charge is 0.491 e. The highest BCUT2D eigenvalue weighted by molar-refractivity contribution is 14.0. The Morgan fingerprint density at radius 2 is 1.81 bits per heavy atom. The van der Waals surface area contributed by atoms with Crippen molar-refractivity contribution in [3.8, 4) is 5.75 Å². The molecule has 0 saturated heterocycles. The average molecular weight is 491 g/mol. The predicted molar refractivity (Wildman–Crippen MR) is 125 cm³/mol. The van der Waals surface area contributed by atoms with Crippen molar-refractivity contribution in [2.24, 2.45) is 10.9 Å². The van der Waals surface area contributed by atoms with Crippen LogP contribution in [0.15, 0.2) is 29.3 Å². The van der Waals surface area contributed by atoms with Crippen molar-refractivity contribution >= 4 is 29.9 Å². The van der Waals surface area contributed by atoms with Crippen molar-refractivity contribution in [2.45, 2.75) is 59.5 Å². The average Bonchev–Trinajstić information content (AvgIpc) is 2.61. The van der Waals surface area contributed by atoms with Gasteiger partial charge in [-0.15, -0.1) is 24.0 Å². The molecule has 0 aliphatic heterocycles. The third-order valence-electron chi connectivity index (χ3n) is 4.09. The zero-order chi connectivity index (χ0) is 19.2. The van der Waals surface area contributed by atoms with Crippen LogP contribution in [0.4, 0.5) is 0 Å². The van der Waals surface area contributed by atoms with Crippen molar-refractivity contribution in [3.63, 3.8) is 0 Å². The highest BCUT2D eigenvalue weighted by Gasteiger charge is 2.07. The van der Waals surface area contributed by atoms with Crippen LogP contribution in [-0.2, 0) is 6.42 Å². The lowest BCUT2D eigenvalue weighted by atomic mass is 10.0. The summed E-state index contributed by atoms with van der Waals surface area (Å²) in [5.41, 5.74) is 1.27. The van der Waals surface area contributed by atoms with Gasteiger partial charge in [0, 0.05) is 26.2 Å². The first-order valence-corrected chi connectivity index (χ1v) is 9.97. The van der Waals surface area contributed by atoms with Crippen LogP contribution >= 0.6 is 24.0 Å². The Labute approximate surface area is 182 Å². The van der Waals surface area contributed by atoms with E-state index in [9.17, 15) is 5.11 Å². The first-order chi connectivity index (χ1) is 12.6. The van der Waals surface area contributed by atoms with E-state index < -0.39 is 0 Å². The molecule has 1 aromatic carbocycles. The summed E-state index contributed by atoms with van der Waals surface area (Å²) in [6.07, 6.45) is 4.18. The summed E-state index contributed by atoms with van der Waals surface area (Å²) < 4.78 is 5.68. The fourth-order valence-electron chi connectivity index (χ4n) is 2.81. The molecular formula is C21H38IN3O2. The van der Waals surface area contributed by atoms with Gasteiger partial charge >= 0.3 is 0 Å². The molecule has 27 heavy (non-hydrogen) atoms. The van der Waals surface area contributed by atoms with Crippen LogP contribution in [0.1, 0.15) is 52.5 Å². The number of benzene rings is 1. The second-order valence-corrected chi connectivity index (χ2v) is 6.87. The lowest BCUT2D eigenvalue weighted by molar-refractivity contribution is 0.242. The third kappa shape index (κ3) is 12.1. The molecule has 6 heteroatoms. The van der Waals surface area contributed by atoms with Crippen molar-refractivity contribution in [3.05, 3.63) is 29.8 Å². The fraction of sp³-hybridized carbons (Fsp3) is 0.667. The minimum absolute atomic E-state index is 0. The van der Waals surface area contributed by atoms with Gasteiger partial charge in [-0.05, 0) is 63.6 Å². The van der Waals surface area contributed by atoms with Gasteiger partial charge in [-0.2, -0.15) is 0 Å². The summed E-state index contributed by atoms with van der Waals surface area (Å²) in [6, 6.07) is 8.28. The second-order valence-electron chi connectivity index (χ2n) is 6.87. The topological polar surface area (TPSA) is 65.9 Å². The van der Waals surface area contributed by atoms with E-state index in [1.165, 1.54) is 5.56 Å². The molecule has 156 valence electrons. The van der Waals surface area contributed by atoms with Crippen LogP contribution in [-0.4, -0.2) is 43.4 Å². The molecular weight excluding hydrogens is 453 g/mol. The Bertz CT molecular complexity index is 501. The van der Waals surface area contributed by atoms with E-state index in [0.717, 1.165) is 57.0 Å². The van der Waals surface area contributed by atoms with Gasteiger partial charge in [-0.1, -0.05) is 25.5 Å². The predicted octanol–water partition coefficient (Wildman–Crippen LogP) is 3.99. The monoisotopic (exact) mass is 491 g/mol. The SMILES string of the molecule is CCCC(CCO)CN=C(NCC)NCCc1ccc(OC(C)C)cc1.I. The molecule has 5 nitrogen and oxygen atoms in total. The standard InChI is InChI=1S/C21H37N3O2.HI/c1-5-7-19(13-15-25)16-24-21(22-6-2)23-14-12-18-8-10-20(11-9-18)26-17(3)4;/h8-11,17,19,25H,5-7,12-16H2,1-4H3,(H2,22,23,24);1H. The molecule has 0 saturated carbocycles. The molecule has 0 fully saturated rings. The van der Waals surface area contributed by atoms with Crippen LogP contribution < -0.4 is 15.4 Å². The Kier molecular flexibility index (Phi) is 15.4. The number of aliphatic hydroxyl groups excluding tert-OH is 1. The number of aliphatic hydroxyl groups is 1. The van der Waals surface area contributed by atoms with Gasteiger partial charge in [-0.25, -0.2) is 0 Å². The molecule has 1 atom stereocenters. The van der Waals surface area contributed by atoms with E-state index in [4.69, 9.17) is 9.73 Å². The quantitative estimate of drug-likeness (QED) is 0.235. The molecule has 0 bridgehead atoms. The smallest absolute Gasteiger partial charge is 0.191 e. The molecule has 0 heterocycles. The Hall–Kier alpha value is -1.02. The van der Waals surface area contributed by atoms with E-state index in [-0.39, 0.29) is 36.7 Å². The summed E-state index contributed by atoms with van der Waals surface area (Å²) in [6.45, 7) is 11.0. The summed E-state index contributed by atoms with van der Waals surface area (Å²) in [5, 5.41) is 15.9. The molecule has 0 radical (unpaired) electrons. The summed E-state index contributed by atoms with van der Waals surface area (Å²) in [5.74, 6) is 2.22. The molecule has 0 aliphatic rings. The van der Waals surface area contributed by atoms with E-state index >= 15 is 0 Å². The van der Waals surface area contributed by atoms with Gasteiger partial charge in [0.15, 0.2) is 5.96 Å². The van der Waals surface area contributed by atoms with Gasteiger partial charge in [0.1, 0.15) is 5.75 Å². The first-order valence-electron chi connectivity index (χ1n) is 9.97. The zero-order valence-electron chi connectivity index (χ0n) is 17.3. The van der Waals surface area contributed by atoms with Gasteiger partial charge in [0.2, 0.25) is 0 Å². The molecule has 1 aromatic rings. The third-order valence-corrected chi connectivity index (χ3v) is 4.09. The fourth-order valence-corrected chi connectivity index (χ4v) is 2.81. The Balaban J connectivity index is 0.00000676.